The molecule has 4 N–H and O–H groups in total. The fourth-order valence-corrected chi connectivity index (χ4v) is 5.00. The molecule has 2 aromatic heterocycles. The highest BCUT2D eigenvalue weighted by atomic mass is 16.5. The lowest BCUT2D eigenvalue weighted by atomic mass is 9.91. The molecule has 0 radical (unpaired) electrons. The molecule has 2 aliphatic carbocycles. The fourth-order valence-electron chi connectivity index (χ4n) is 5.00. The molecule has 2 saturated carbocycles. The molecule has 0 unspecified atom stereocenters. The number of nitrogens with one attached hydrogen (secondary N) is 2. The van der Waals surface area contributed by atoms with Gasteiger partial charge in [0, 0.05) is 5.54 Å². The normalized spacial score (nSPS) is 25.4. The molecule has 1 amide bonds. The van der Waals surface area contributed by atoms with Gasteiger partial charge in [0.15, 0.2) is 11.5 Å². The predicted molar refractivity (Wildman–Crippen MR) is 106 cm³/mol. The van der Waals surface area contributed by atoms with E-state index in [0.717, 1.165) is 31.2 Å². The molecule has 0 saturated heterocycles. The monoisotopic (exact) mass is 394 g/mol. The van der Waals surface area contributed by atoms with Crippen LogP contribution < -0.4 is 16.7 Å². The minimum Gasteiger partial charge on any atom is -0.445 e. The number of fused-ring (bicyclic) bond motifs is 3. The van der Waals surface area contributed by atoms with Gasteiger partial charge in [-0.25, -0.2) is 19.6 Å². The van der Waals surface area contributed by atoms with E-state index in [2.05, 4.69) is 20.3 Å². The molecule has 9 heteroatoms. The number of anilines is 1. The zero-order valence-corrected chi connectivity index (χ0v) is 15.9. The van der Waals surface area contributed by atoms with Crippen LogP contribution in [0.15, 0.2) is 41.5 Å². The fraction of sp³-hybridized carbons (Fsp3) is 0.400. The summed E-state index contributed by atoms with van der Waals surface area (Å²) in [5, 5.41) is 3.08. The first-order chi connectivity index (χ1) is 14.0. The molecule has 0 spiro atoms. The van der Waals surface area contributed by atoms with E-state index >= 15 is 0 Å². The summed E-state index contributed by atoms with van der Waals surface area (Å²) in [6.07, 6.45) is 4.74. The van der Waals surface area contributed by atoms with Crippen molar-refractivity contribution in [3.63, 3.8) is 0 Å². The molecule has 9 nitrogen and oxygen atoms in total. The second-order valence-electron chi connectivity index (χ2n) is 8.09. The Morgan fingerprint density at radius 2 is 1.97 bits per heavy atom. The summed E-state index contributed by atoms with van der Waals surface area (Å²) < 4.78 is 7.12. The number of carbonyl (C=O) groups is 1. The zero-order valence-electron chi connectivity index (χ0n) is 15.9. The summed E-state index contributed by atoms with van der Waals surface area (Å²) in [6.45, 7) is 0.228. The SMILES string of the molecule is Nc1ncnc2c1[nH]c(=O)n2C12CCC(NC(=O)OCc3ccccc3)(CC1)C2. The highest BCUT2D eigenvalue weighted by molar-refractivity contribution is 5.81. The van der Waals surface area contributed by atoms with E-state index in [9.17, 15) is 9.59 Å². The van der Waals surface area contributed by atoms with Crippen molar-refractivity contribution in [3.8, 4) is 0 Å². The van der Waals surface area contributed by atoms with Crippen LogP contribution in [0, 0.1) is 0 Å². The number of benzene rings is 1. The molecule has 2 fully saturated rings. The van der Waals surface area contributed by atoms with E-state index in [1.165, 1.54) is 6.33 Å². The van der Waals surface area contributed by atoms with Crippen molar-refractivity contribution < 1.29 is 9.53 Å². The van der Waals surface area contributed by atoms with Crippen molar-refractivity contribution in [2.24, 2.45) is 0 Å². The standard InChI is InChI=1S/C20H22N6O3/c21-15-14-16(23-12-22-15)26(17(27)24-14)20-8-6-19(11-20,7-9-20)25-18(28)29-10-13-4-2-1-3-5-13/h1-5,12H,6-11H2,(H,24,27)(H,25,28)(H2,21,22,23). The maximum Gasteiger partial charge on any atom is 0.407 e. The van der Waals surface area contributed by atoms with Crippen molar-refractivity contribution in [2.75, 3.05) is 5.73 Å². The molecule has 150 valence electrons. The van der Waals surface area contributed by atoms with Gasteiger partial charge in [0.05, 0.1) is 5.54 Å². The number of nitrogen functional groups attached to an aromatic ring is 1. The van der Waals surface area contributed by atoms with E-state index in [1.807, 2.05) is 30.3 Å². The number of amides is 1. The first kappa shape index (κ1) is 17.7. The molecule has 1 aromatic carbocycles. The van der Waals surface area contributed by atoms with E-state index < -0.39 is 6.09 Å². The lowest BCUT2D eigenvalue weighted by Crippen LogP contribution is -2.45. The number of H-pyrrole nitrogens is 1. The van der Waals surface area contributed by atoms with Crippen LogP contribution in [0.2, 0.25) is 0 Å². The average Bonchev–Trinajstić information content (AvgIpc) is 3.37. The van der Waals surface area contributed by atoms with Crippen LogP contribution in [0.1, 0.15) is 37.7 Å². The van der Waals surface area contributed by atoms with Crippen LogP contribution >= 0.6 is 0 Å². The van der Waals surface area contributed by atoms with Crippen LogP contribution in [0.3, 0.4) is 0 Å². The van der Waals surface area contributed by atoms with Gasteiger partial charge in [-0.1, -0.05) is 30.3 Å². The van der Waals surface area contributed by atoms with Gasteiger partial charge in [-0.05, 0) is 37.7 Å². The third-order valence-electron chi connectivity index (χ3n) is 6.36. The number of nitrogens with two attached hydrogens (primary N) is 1. The van der Waals surface area contributed by atoms with Gasteiger partial charge in [0.1, 0.15) is 18.5 Å². The summed E-state index contributed by atoms with van der Waals surface area (Å²) in [5.41, 5.74) is 6.83. The second-order valence-corrected chi connectivity index (χ2v) is 8.09. The van der Waals surface area contributed by atoms with Crippen molar-refractivity contribution in [1.82, 2.24) is 24.8 Å². The Bertz CT molecular complexity index is 1130. The number of aromatic amines is 1. The van der Waals surface area contributed by atoms with Crippen LogP contribution in [-0.4, -0.2) is 31.2 Å². The van der Waals surface area contributed by atoms with Crippen molar-refractivity contribution in [3.05, 3.63) is 52.7 Å². The van der Waals surface area contributed by atoms with E-state index in [0.29, 0.717) is 17.6 Å². The molecular formula is C20H22N6O3. The number of ether oxygens (including phenoxy) is 1. The summed E-state index contributed by atoms with van der Waals surface area (Å²) in [7, 11) is 0. The van der Waals surface area contributed by atoms with E-state index in [-0.39, 0.29) is 29.2 Å². The highest BCUT2D eigenvalue weighted by Gasteiger charge is 2.57. The lowest BCUT2D eigenvalue weighted by Gasteiger charge is -2.28. The molecule has 29 heavy (non-hydrogen) atoms. The number of rotatable bonds is 4. The molecular weight excluding hydrogens is 372 g/mol. The Morgan fingerprint density at radius 3 is 2.72 bits per heavy atom. The Kier molecular flexibility index (Phi) is 3.87. The Balaban J connectivity index is 1.35. The number of alkyl carbamates (subject to hydrolysis) is 1. The average molecular weight is 394 g/mol. The number of nitrogens with zero attached hydrogens (tertiary/aromatic N) is 3. The molecule has 2 heterocycles. The molecule has 0 aliphatic heterocycles. The summed E-state index contributed by atoms with van der Waals surface area (Å²) in [6, 6.07) is 9.57. The maximum atomic E-state index is 12.7. The van der Waals surface area contributed by atoms with Gasteiger partial charge in [0.2, 0.25) is 0 Å². The first-order valence-electron chi connectivity index (χ1n) is 9.71. The van der Waals surface area contributed by atoms with Gasteiger partial charge in [-0.15, -0.1) is 0 Å². The molecule has 5 rings (SSSR count). The van der Waals surface area contributed by atoms with Crippen LogP contribution in [-0.2, 0) is 16.9 Å². The van der Waals surface area contributed by atoms with Gasteiger partial charge in [-0.2, -0.15) is 0 Å². The zero-order chi connectivity index (χ0) is 20.1. The second kappa shape index (κ2) is 6.33. The topological polar surface area (TPSA) is 128 Å². The van der Waals surface area contributed by atoms with Crippen LogP contribution in [0.4, 0.5) is 10.6 Å². The Labute approximate surface area is 166 Å². The van der Waals surface area contributed by atoms with E-state index in [4.69, 9.17) is 10.5 Å². The quantitative estimate of drug-likeness (QED) is 0.621. The van der Waals surface area contributed by atoms with Crippen LogP contribution in [0.5, 0.6) is 0 Å². The molecule has 2 bridgehead atoms. The number of imidazole rings is 1. The first-order valence-corrected chi connectivity index (χ1v) is 9.71. The lowest BCUT2D eigenvalue weighted by molar-refractivity contribution is 0.126. The Hall–Kier alpha value is -3.36. The van der Waals surface area contributed by atoms with Crippen molar-refractivity contribution in [1.29, 1.82) is 0 Å². The summed E-state index contributed by atoms with van der Waals surface area (Å²) in [5.74, 6) is 0.257. The summed E-state index contributed by atoms with van der Waals surface area (Å²) >= 11 is 0. The minimum atomic E-state index is -0.426. The number of aromatic nitrogens is 4. The van der Waals surface area contributed by atoms with Crippen LogP contribution in [0.25, 0.3) is 11.2 Å². The predicted octanol–water partition coefficient (Wildman–Crippen LogP) is 2.04. The number of carbonyl (C=O) groups excluding carboxylic acids is 1. The Morgan fingerprint density at radius 1 is 1.21 bits per heavy atom. The molecule has 2 aliphatic rings. The highest BCUT2D eigenvalue weighted by Crippen LogP contribution is 2.55. The van der Waals surface area contributed by atoms with Crippen molar-refractivity contribution >= 4 is 23.1 Å². The summed E-state index contributed by atoms with van der Waals surface area (Å²) in [4.78, 5) is 36.2. The number of hydrogen-bond donors (Lipinski definition) is 3. The largest absolute Gasteiger partial charge is 0.445 e. The molecule has 3 aromatic rings. The van der Waals surface area contributed by atoms with Gasteiger partial charge in [-0.3, -0.25) is 4.57 Å². The van der Waals surface area contributed by atoms with Gasteiger partial charge < -0.3 is 20.8 Å². The van der Waals surface area contributed by atoms with E-state index in [1.54, 1.807) is 4.57 Å². The smallest absolute Gasteiger partial charge is 0.407 e. The van der Waals surface area contributed by atoms with Gasteiger partial charge >= 0.3 is 11.8 Å². The number of hydrogen-bond acceptors (Lipinski definition) is 6. The maximum absolute atomic E-state index is 12.7. The third-order valence-corrected chi connectivity index (χ3v) is 6.36. The third kappa shape index (κ3) is 2.84. The molecule has 0 atom stereocenters. The minimum absolute atomic E-state index is 0.228. The van der Waals surface area contributed by atoms with Gasteiger partial charge in [0.25, 0.3) is 0 Å². The van der Waals surface area contributed by atoms with Crippen molar-refractivity contribution in [2.45, 2.75) is 49.8 Å².